The van der Waals surface area contributed by atoms with Crippen LogP contribution in [0.4, 0.5) is 0 Å². The Hall–Kier alpha value is -0.860. The first kappa shape index (κ1) is 14.2. The smallest absolute Gasteiger partial charge is 0.0253 e. The molecule has 1 rings (SSSR count). The number of nitrogens with two attached hydrogens (primary N) is 1. The second-order valence-corrected chi connectivity index (χ2v) is 5.19. The quantitative estimate of drug-likeness (QED) is 0.586. The Morgan fingerprint density at radius 1 is 1.24 bits per heavy atom. The second-order valence-electron chi connectivity index (χ2n) is 5.19. The van der Waals surface area contributed by atoms with Crippen molar-refractivity contribution in [2.45, 2.75) is 53.0 Å². The lowest BCUT2D eigenvalue weighted by Gasteiger charge is -2.21. The first-order chi connectivity index (χ1) is 8.08. The fourth-order valence-electron chi connectivity index (χ4n) is 2.28. The molecule has 0 fully saturated rings. The molecular weight excluding hydrogens is 208 g/mol. The van der Waals surface area contributed by atoms with Crippen LogP contribution in [0.1, 0.15) is 43.4 Å². The lowest BCUT2D eigenvalue weighted by molar-refractivity contribution is 0.396. The van der Waals surface area contributed by atoms with Crippen LogP contribution in [0.15, 0.2) is 18.2 Å². The molecule has 2 nitrogen and oxygen atoms in total. The Kier molecular flexibility index (Phi) is 5.66. The normalized spacial score (nSPS) is 14.6. The average molecular weight is 234 g/mol. The summed E-state index contributed by atoms with van der Waals surface area (Å²) in [4.78, 5) is 0. The van der Waals surface area contributed by atoms with Gasteiger partial charge in [-0.05, 0) is 49.3 Å². The molecule has 1 aromatic carbocycles. The molecular formula is C15H26N2. The standard InChI is InChI=1S/C15H26N2/c1-5-11(2)9-14(17-16)10-15-12(3)7-6-8-13(15)4/h6-8,11,14,17H,5,9-10,16H2,1-4H3. The number of rotatable bonds is 6. The minimum Gasteiger partial charge on any atom is -0.271 e. The van der Waals surface area contributed by atoms with Crippen molar-refractivity contribution in [2.75, 3.05) is 0 Å². The maximum atomic E-state index is 5.67. The fourth-order valence-corrected chi connectivity index (χ4v) is 2.28. The third-order valence-corrected chi connectivity index (χ3v) is 3.71. The number of hydrazine groups is 1. The summed E-state index contributed by atoms with van der Waals surface area (Å²) in [5.41, 5.74) is 7.15. The van der Waals surface area contributed by atoms with Gasteiger partial charge in [-0.3, -0.25) is 11.3 Å². The molecule has 0 spiro atoms. The Bertz CT molecular complexity index is 327. The molecule has 2 unspecified atom stereocenters. The van der Waals surface area contributed by atoms with Gasteiger partial charge in [0.2, 0.25) is 0 Å². The molecule has 0 radical (unpaired) electrons. The highest BCUT2D eigenvalue weighted by molar-refractivity contribution is 5.34. The average Bonchev–Trinajstić information content (AvgIpc) is 2.32. The van der Waals surface area contributed by atoms with E-state index in [1.54, 1.807) is 0 Å². The summed E-state index contributed by atoms with van der Waals surface area (Å²) in [7, 11) is 0. The van der Waals surface area contributed by atoms with Crippen molar-refractivity contribution in [3.05, 3.63) is 34.9 Å². The molecule has 0 aliphatic rings. The van der Waals surface area contributed by atoms with E-state index in [2.05, 4.69) is 51.3 Å². The molecule has 0 aromatic heterocycles. The summed E-state index contributed by atoms with van der Waals surface area (Å²) in [6.07, 6.45) is 3.38. The summed E-state index contributed by atoms with van der Waals surface area (Å²) >= 11 is 0. The Morgan fingerprint density at radius 3 is 2.29 bits per heavy atom. The van der Waals surface area contributed by atoms with Gasteiger partial charge in [0, 0.05) is 6.04 Å². The van der Waals surface area contributed by atoms with E-state index in [1.807, 2.05) is 0 Å². The molecule has 17 heavy (non-hydrogen) atoms. The first-order valence-electron chi connectivity index (χ1n) is 6.59. The van der Waals surface area contributed by atoms with E-state index in [1.165, 1.54) is 23.1 Å². The molecule has 3 N–H and O–H groups in total. The van der Waals surface area contributed by atoms with Gasteiger partial charge < -0.3 is 0 Å². The molecule has 0 heterocycles. The van der Waals surface area contributed by atoms with E-state index in [0.29, 0.717) is 6.04 Å². The van der Waals surface area contributed by atoms with Crippen molar-refractivity contribution >= 4 is 0 Å². The highest BCUT2D eigenvalue weighted by Gasteiger charge is 2.13. The highest BCUT2D eigenvalue weighted by Crippen LogP contribution is 2.18. The van der Waals surface area contributed by atoms with Crippen molar-refractivity contribution in [2.24, 2.45) is 11.8 Å². The summed E-state index contributed by atoms with van der Waals surface area (Å²) < 4.78 is 0. The SMILES string of the molecule is CCC(C)CC(Cc1c(C)cccc1C)NN. The molecule has 2 heteroatoms. The zero-order valence-electron chi connectivity index (χ0n) is 11.6. The highest BCUT2D eigenvalue weighted by atomic mass is 15.2. The van der Waals surface area contributed by atoms with Gasteiger partial charge in [0.05, 0.1) is 0 Å². The molecule has 2 atom stereocenters. The van der Waals surface area contributed by atoms with Crippen LogP contribution in [-0.2, 0) is 6.42 Å². The maximum Gasteiger partial charge on any atom is 0.0253 e. The number of nitrogens with one attached hydrogen (secondary N) is 1. The van der Waals surface area contributed by atoms with Crippen molar-refractivity contribution in [1.82, 2.24) is 5.43 Å². The van der Waals surface area contributed by atoms with Crippen molar-refractivity contribution in [3.63, 3.8) is 0 Å². The van der Waals surface area contributed by atoms with Gasteiger partial charge in [-0.15, -0.1) is 0 Å². The molecule has 0 amide bonds. The number of hydrogen-bond acceptors (Lipinski definition) is 2. The number of benzene rings is 1. The summed E-state index contributed by atoms with van der Waals surface area (Å²) in [6, 6.07) is 6.86. The molecule has 96 valence electrons. The third-order valence-electron chi connectivity index (χ3n) is 3.71. The van der Waals surface area contributed by atoms with E-state index >= 15 is 0 Å². The Morgan fingerprint density at radius 2 is 1.82 bits per heavy atom. The van der Waals surface area contributed by atoms with Crippen LogP contribution in [0.3, 0.4) is 0 Å². The maximum absolute atomic E-state index is 5.67. The van der Waals surface area contributed by atoms with Gasteiger partial charge in [-0.2, -0.15) is 0 Å². The van der Waals surface area contributed by atoms with E-state index < -0.39 is 0 Å². The Balaban J connectivity index is 2.73. The lowest BCUT2D eigenvalue weighted by Crippen LogP contribution is -2.38. The van der Waals surface area contributed by atoms with Crippen LogP contribution < -0.4 is 11.3 Å². The minimum absolute atomic E-state index is 0.379. The summed E-state index contributed by atoms with van der Waals surface area (Å²) in [6.45, 7) is 8.88. The third kappa shape index (κ3) is 4.14. The van der Waals surface area contributed by atoms with Gasteiger partial charge in [0.25, 0.3) is 0 Å². The van der Waals surface area contributed by atoms with Gasteiger partial charge in [-0.25, -0.2) is 0 Å². The second kappa shape index (κ2) is 6.77. The molecule has 1 aromatic rings. The molecule has 0 saturated carbocycles. The summed E-state index contributed by atoms with van der Waals surface area (Å²) in [5.74, 6) is 6.40. The van der Waals surface area contributed by atoms with E-state index in [4.69, 9.17) is 5.84 Å². The van der Waals surface area contributed by atoms with E-state index in [-0.39, 0.29) is 0 Å². The van der Waals surface area contributed by atoms with Crippen LogP contribution in [0.25, 0.3) is 0 Å². The molecule has 0 aliphatic carbocycles. The van der Waals surface area contributed by atoms with E-state index in [0.717, 1.165) is 18.8 Å². The first-order valence-corrected chi connectivity index (χ1v) is 6.59. The van der Waals surface area contributed by atoms with Crippen molar-refractivity contribution in [3.8, 4) is 0 Å². The number of hydrogen-bond donors (Lipinski definition) is 2. The summed E-state index contributed by atoms with van der Waals surface area (Å²) in [5, 5.41) is 0. The van der Waals surface area contributed by atoms with Gasteiger partial charge in [0.15, 0.2) is 0 Å². The lowest BCUT2D eigenvalue weighted by atomic mass is 9.91. The van der Waals surface area contributed by atoms with Crippen molar-refractivity contribution < 1.29 is 0 Å². The fraction of sp³-hybridized carbons (Fsp3) is 0.600. The molecule has 0 aliphatic heterocycles. The minimum atomic E-state index is 0.379. The van der Waals surface area contributed by atoms with Gasteiger partial charge in [-0.1, -0.05) is 38.5 Å². The van der Waals surface area contributed by atoms with Crippen LogP contribution in [0, 0.1) is 19.8 Å². The zero-order chi connectivity index (χ0) is 12.8. The topological polar surface area (TPSA) is 38.0 Å². The molecule has 0 bridgehead atoms. The zero-order valence-corrected chi connectivity index (χ0v) is 11.6. The predicted molar refractivity (Wildman–Crippen MR) is 74.8 cm³/mol. The predicted octanol–water partition coefficient (Wildman–Crippen LogP) is 3.11. The monoisotopic (exact) mass is 234 g/mol. The molecule has 0 saturated heterocycles. The van der Waals surface area contributed by atoms with Crippen LogP contribution in [-0.4, -0.2) is 6.04 Å². The van der Waals surface area contributed by atoms with Gasteiger partial charge in [0.1, 0.15) is 0 Å². The van der Waals surface area contributed by atoms with Crippen LogP contribution >= 0.6 is 0 Å². The Labute approximate surface area is 106 Å². The van der Waals surface area contributed by atoms with Crippen LogP contribution in [0.5, 0.6) is 0 Å². The largest absolute Gasteiger partial charge is 0.271 e. The number of aryl methyl sites for hydroxylation is 2. The van der Waals surface area contributed by atoms with Crippen LogP contribution in [0.2, 0.25) is 0 Å². The van der Waals surface area contributed by atoms with E-state index in [9.17, 15) is 0 Å². The van der Waals surface area contributed by atoms with Crippen molar-refractivity contribution in [1.29, 1.82) is 0 Å². The van der Waals surface area contributed by atoms with Gasteiger partial charge >= 0.3 is 0 Å².